The van der Waals surface area contributed by atoms with Crippen LogP contribution in [0.15, 0.2) is 0 Å². The summed E-state index contributed by atoms with van der Waals surface area (Å²) < 4.78 is 5.34. The summed E-state index contributed by atoms with van der Waals surface area (Å²) in [4.78, 5) is 11.6. The van der Waals surface area contributed by atoms with Crippen molar-refractivity contribution < 1.29 is 9.53 Å². The number of carbonyl (C=O) groups excluding carboxylic acids is 1. The predicted molar refractivity (Wildman–Crippen MR) is 66.5 cm³/mol. The van der Waals surface area contributed by atoms with E-state index in [0.717, 1.165) is 26.1 Å². The van der Waals surface area contributed by atoms with Crippen molar-refractivity contribution in [2.24, 2.45) is 11.7 Å². The molecule has 1 aliphatic carbocycles. The highest BCUT2D eigenvalue weighted by Crippen LogP contribution is 2.23. The van der Waals surface area contributed by atoms with Crippen LogP contribution >= 0.6 is 0 Å². The summed E-state index contributed by atoms with van der Waals surface area (Å²) in [6.07, 6.45) is 8.16. The number of hydrogen-bond donors (Lipinski definition) is 2. The van der Waals surface area contributed by atoms with Gasteiger partial charge in [0.2, 0.25) is 5.91 Å². The fourth-order valence-corrected chi connectivity index (χ4v) is 3.02. The van der Waals surface area contributed by atoms with Gasteiger partial charge in [-0.05, 0) is 31.6 Å². The molecule has 2 aliphatic rings. The van der Waals surface area contributed by atoms with E-state index in [0.29, 0.717) is 12.0 Å². The SMILES string of the molecule is NC(=O)C(NC1CCCCC1)C1CCOCC1. The van der Waals surface area contributed by atoms with Gasteiger partial charge in [-0.1, -0.05) is 19.3 Å². The highest BCUT2D eigenvalue weighted by molar-refractivity contribution is 5.80. The first-order chi connectivity index (χ1) is 8.27. The fraction of sp³-hybridized carbons (Fsp3) is 0.923. The molecule has 4 nitrogen and oxygen atoms in total. The summed E-state index contributed by atoms with van der Waals surface area (Å²) in [7, 11) is 0. The largest absolute Gasteiger partial charge is 0.381 e. The quantitative estimate of drug-likeness (QED) is 0.776. The topological polar surface area (TPSA) is 64.4 Å². The molecule has 1 amide bonds. The van der Waals surface area contributed by atoms with Crippen molar-refractivity contribution >= 4 is 5.91 Å². The van der Waals surface area contributed by atoms with Crippen molar-refractivity contribution in [3.8, 4) is 0 Å². The van der Waals surface area contributed by atoms with Crippen LogP contribution in [0.5, 0.6) is 0 Å². The molecule has 2 rings (SSSR count). The lowest BCUT2D eigenvalue weighted by Crippen LogP contribution is -2.52. The van der Waals surface area contributed by atoms with Crippen LogP contribution in [-0.2, 0) is 9.53 Å². The maximum absolute atomic E-state index is 11.6. The average molecular weight is 240 g/mol. The highest BCUT2D eigenvalue weighted by Gasteiger charge is 2.30. The molecule has 17 heavy (non-hydrogen) atoms. The third-order valence-corrected chi connectivity index (χ3v) is 4.06. The number of nitrogens with two attached hydrogens (primary N) is 1. The van der Waals surface area contributed by atoms with Crippen LogP contribution in [0.1, 0.15) is 44.9 Å². The molecule has 2 fully saturated rings. The number of carbonyl (C=O) groups is 1. The molecule has 1 atom stereocenters. The highest BCUT2D eigenvalue weighted by atomic mass is 16.5. The first-order valence-electron chi connectivity index (χ1n) is 6.90. The number of ether oxygens (including phenoxy) is 1. The standard InChI is InChI=1S/C13H24N2O2/c14-13(16)12(10-6-8-17-9-7-10)15-11-4-2-1-3-5-11/h10-12,15H,1-9H2,(H2,14,16). The van der Waals surface area contributed by atoms with Gasteiger partial charge in [-0.2, -0.15) is 0 Å². The molecule has 3 N–H and O–H groups in total. The van der Waals surface area contributed by atoms with Crippen LogP contribution in [0.4, 0.5) is 0 Å². The van der Waals surface area contributed by atoms with Gasteiger partial charge in [0.1, 0.15) is 0 Å². The first kappa shape index (κ1) is 12.8. The molecule has 98 valence electrons. The second kappa shape index (κ2) is 6.36. The maximum atomic E-state index is 11.6. The zero-order valence-electron chi connectivity index (χ0n) is 10.5. The molecule has 0 aromatic carbocycles. The van der Waals surface area contributed by atoms with Crippen LogP contribution in [0.25, 0.3) is 0 Å². The minimum absolute atomic E-state index is 0.151. The van der Waals surface area contributed by atoms with Gasteiger partial charge in [0.25, 0.3) is 0 Å². The summed E-state index contributed by atoms with van der Waals surface area (Å²) in [6.45, 7) is 1.53. The maximum Gasteiger partial charge on any atom is 0.234 e. The molecule has 0 radical (unpaired) electrons. The van der Waals surface area contributed by atoms with E-state index in [4.69, 9.17) is 10.5 Å². The van der Waals surface area contributed by atoms with Crippen LogP contribution in [0, 0.1) is 5.92 Å². The summed E-state index contributed by atoms with van der Waals surface area (Å²) in [5.41, 5.74) is 5.54. The Hall–Kier alpha value is -0.610. The molecule has 0 aromatic heterocycles. The number of rotatable bonds is 4. The van der Waals surface area contributed by atoms with Gasteiger partial charge in [-0.25, -0.2) is 0 Å². The summed E-state index contributed by atoms with van der Waals surface area (Å²) in [6, 6.07) is 0.339. The molecular weight excluding hydrogens is 216 g/mol. The van der Waals surface area contributed by atoms with Gasteiger partial charge in [-0.3, -0.25) is 4.79 Å². The lowest BCUT2D eigenvalue weighted by Gasteiger charge is -2.33. The van der Waals surface area contributed by atoms with Crippen LogP contribution in [0.2, 0.25) is 0 Å². The molecule has 1 unspecified atom stereocenters. The van der Waals surface area contributed by atoms with Crippen LogP contribution in [0.3, 0.4) is 0 Å². The van der Waals surface area contributed by atoms with Crippen molar-refractivity contribution in [2.45, 2.75) is 57.0 Å². The van der Waals surface area contributed by atoms with Crippen LogP contribution < -0.4 is 11.1 Å². The van der Waals surface area contributed by atoms with Crippen molar-refractivity contribution in [1.82, 2.24) is 5.32 Å². The normalized spacial score (nSPS) is 25.6. The Morgan fingerprint density at radius 1 is 1.12 bits per heavy atom. The average Bonchev–Trinajstić information content (AvgIpc) is 2.38. The summed E-state index contributed by atoms with van der Waals surface area (Å²) in [5.74, 6) is 0.172. The number of nitrogens with one attached hydrogen (secondary N) is 1. The number of hydrogen-bond acceptors (Lipinski definition) is 3. The lowest BCUT2D eigenvalue weighted by atomic mass is 9.88. The van der Waals surface area contributed by atoms with E-state index < -0.39 is 0 Å². The molecule has 0 aromatic rings. The van der Waals surface area contributed by atoms with Crippen LogP contribution in [-0.4, -0.2) is 31.2 Å². The summed E-state index contributed by atoms with van der Waals surface area (Å²) >= 11 is 0. The molecule has 1 heterocycles. The van der Waals surface area contributed by atoms with Gasteiger partial charge >= 0.3 is 0 Å². The van der Waals surface area contributed by atoms with Gasteiger partial charge in [0.15, 0.2) is 0 Å². The van der Waals surface area contributed by atoms with E-state index in [-0.39, 0.29) is 11.9 Å². The fourth-order valence-electron chi connectivity index (χ4n) is 3.02. The monoisotopic (exact) mass is 240 g/mol. The first-order valence-corrected chi connectivity index (χ1v) is 6.90. The third-order valence-electron chi connectivity index (χ3n) is 4.06. The Kier molecular flexibility index (Phi) is 4.80. The van der Waals surface area contributed by atoms with E-state index >= 15 is 0 Å². The van der Waals surface area contributed by atoms with Crippen molar-refractivity contribution in [2.75, 3.05) is 13.2 Å². The van der Waals surface area contributed by atoms with E-state index in [1.54, 1.807) is 0 Å². The third kappa shape index (κ3) is 3.68. The van der Waals surface area contributed by atoms with Gasteiger partial charge < -0.3 is 15.8 Å². The molecule has 0 bridgehead atoms. The molecule has 4 heteroatoms. The Morgan fingerprint density at radius 3 is 2.35 bits per heavy atom. The minimum atomic E-state index is -0.192. The molecule has 1 saturated carbocycles. The second-order valence-corrected chi connectivity index (χ2v) is 5.33. The van der Waals surface area contributed by atoms with Crippen molar-refractivity contribution in [3.63, 3.8) is 0 Å². The van der Waals surface area contributed by atoms with Crippen molar-refractivity contribution in [3.05, 3.63) is 0 Å². The Balaban J connectivity index is 1.88. The Labute approximate surface area is 103 Å². The van der Waals surface area contributed by atoms with E-state index in [1.165, 1.54) is 32.1 Å². The lowest BCUT2D eigenvalue weighted by molar-refractivity contribution is -0.122. The summed E-state index contributed by atoms with van der Waals surface area (Å²) in [5, 5.41) is 3.50. The molecule has 1 saturated heterocycles. The van der Waals surface area contributed by atoms with E-state index in [9.17, 15) is 4.79 Å². The zero-order valence-corrected chi connectivity index (χ0v) is 10.5. The smallest absolute Gasteiger partial charge is 0.234 e. The zero-order chi connectivity index (χ0) is 12.1. The van der Waals surface area contributed by atoms with Gasteiger partial charge in [-0.15, -0.1) is 0 Å². The molecule has 0 spiro atoms. The minimum Gasteiger partial charge on any atom is -0.381 e. The van der Waals surface area contributed by atoms with Crippen molar-refractivity contribution in [1.29, 1.82) is 0 Å². The molecule has 1 aliphatic heterocycles. The van der Waals surface area contributed by atoms with Gasteiger partial charge in [0, 0.05) is 19.3 Å². The van der Waals surface area contributed by atoms with Gasteiger partial charge in [0.05, 0.1) is 6.04 Å². The molecular formula is C13H24N2O2. The number of primary amides is 1. The van der Waals surface area contributed by atoms with E-state index in [1.807, 2.05) is 0 Å². The Bertz CT molecular complexity index is 246. The predicted octanol–water partition coefficient (Wildman–Crippen LogP) is 1.19. The van der Waals surface area contributed by atoms with E-state index in [2.05, 4.69) is 5.32 Å². The number of amides is 1. The second-order valence-electron chi connectivity index (χ2n) is 5.33. The Morgan fingerprint density at radius 2 is 1.76 bits per heavy atom.